The van der Waals surface area contributed by atoms with E-state index in [0.29, 0.717) is 5.69 Å². The van der Waals surface area contributed by atoms with Crippen LogP contribution in [0, 0.1) is 6.57 Å². The summed E-state index contributed by atoms with van der Waals surface area (Å²) in [7, 11) is 0. The molecule has 182 valence electrons. The van der Waals surface area contributed by atoms with Gasteiger partial charge in [-0.15, -0.1) is 0 Å². The normalized spacial score (nSPS) is 11.3. The minimum absolute atomic E-state index is 0.0398. The fourth-order valence-corrected chi connectivity index (χ4v) is 3.66. The molecule has 0 aliphatic heterocycles. The lowest BCUT2D eigenvalue weighted by Gasteiger charge is -2.22. The van der Waals surface area contributed by atoms with E-state index in [2.05, 4.69) is 26.5 Å². The molecular weight excluding hydrogens is 475 g/mol. The number of fused-ring (bicyclic) bond motifs is 1. The number of carbonyl (C=O) groups is 1. The van der Waals surface area contributed by atoms with Crippen LogP contribution in [0.4, 0.5) is 24.7 Å². The van der Waals surface area contributed by atoms with Crippen LogP contribution in [0.25, 0.3) is 27.1 Å². The Morgan fingerprint density at radius 3 is 2.56 bits per heavy atom. The quantitative estimate of drug-likeness (QED) is 0.306. The lowest BCUT2D eigenvalue weighted by atomic mass is 10.1. The van der Waals surface area contributed by atoms with Crippen LogP contribution in [0.2, 0.25) is 0 Å². The largest absolute Gasteiger partial charge is 0.507 e. The second-order valence-electron chi connectivity index (χ2n) is 7.61. The van der Waals surface area contributed by atoms with Gasteiger partial charge >= 0.3 is 6.18 Å². The van der Waals surface area contributed by atoms with Crippen LogP contribution in [0.3, 0.4) is 0 Å². The number of amides is 1. The van der Waals surface area contributed by atoms with Gasteiger partial charge in [0, 0.05) is 17.8 Å². The van der Waals surface area contributed by atoms with E-state index in [-0.39, 0.29) is 46.9 Å². The second kappa shape index (κ2) is 9.38. The van der Waals surface area contributed by atoms with Crippen LogP contribution >= 0.6 is 0 Å². The number of nitrogens with zero attached hydrogens (tertiary/aromatic N) is 6. The molecule has 2 aromatic heterocycles. The summed E-state index contributed by atoms with van der Waals surface area (Å²) in [6.07, 6.45) is -3.51. The van der Waals surface area contributed by atoms with Gasteiger partial charge in [0.15, 0.2) is 5.65 Å². The van der Waals surface area contributed by atoms with Crippen molar-refractivity contribution in [2.24, 2.45) is 0 Å². The van der Waals surface area contributed by atoms with Gasteiger partial charge in [0.25, 0.3) is 5.91 Å². The molecule has 3 N–H and O–H groups in total. The summed E-state index contributed by atoms with van der Waals surface area (Å²) in [5, 5.41) is 14.7. The van der Waals surface area contributed by atoms with Crippen molar-refractivity contribution in [3.8, 4) is 17.0 Å². The number of phenols is 1. The summed E-state index contributed by atoms with van der Waals surface area (Å²) in [4.78, 5) is 25.5. The van der Waals surface area contributed by atoms with Gasteiger partial charge in [-0.3, -0.25) is 4.79 Å². The van der Waals surface area contributed by atoms with Crippen molar-refractivity contribution in [2.45, 2.75) is 12.7 Å². The number of benzene rings is 2. The lowest BCUT2D eigenvalue weighted by molar-refractivity contribution is -0.138. The van der Waals surface area contributed by atoms with Crippen LogP contribution in [-0.4, -0.2) is 37.3 Å². The van der Waals surface area contributed by atoms with Gasteiger partial charge in [0.05, 0.1) is 24.1 Å². The van der Waals surface area contributed by atoms with Crippen molar-refractivity contribution in [1.82, 2.24) is 19.7 Å². The van der Waals surface area contributed by atoms with Crippen LogP contribution in [0.15, 0.2) is 67.1 Å². The molecule has 0 atom stereocenters. The van der Waals surface area contributed by atoms with Crippen molar-refractivity contribution >= 4 is 28.4 Å². The molecule has 4 aromatic rings. The number of hydrogen-bond donors (Lipinski definition) is 2. The molecule has 12 heteroatoms. The smallest absolute Gasteiger partial charge is 0.419 e. The highest BCUT2D eigenvalue weighted by Crippen LogP contribution is 2.39. The third kappa shape index (κ3) is 4.54. The SMILES string of the molecule is [C-]#[N+]C(=C)C(=O)N(CCn1nc(-c2ccc(C(F)(F)F)c(O)c2)c2c(N)ncnc21)c1ccccc1. The molecule has 0 saturated carbocycles. The van der Waals surface area contributed by atoms with Crippen molar-refractivity contribution in [2.75, 3.05) is 17.2 Å². The molecule has 4 rings (SSSR count). The Balaban J connectivity index is 1.75. The van der Waals surface area contributed by atoms with Crippen molar-refractivity contribution < 1.29 is 23.1 Å². The molecule has 0 radical (unpaired) electrons. The van der Waals surface area contributed by atoms with Gasteiger partial charge in [-0.25, -0.2) is 19.5 Å². The first-order chi connectivity index (χ1) is 17.1. The molecule has 0 spiro atoms. The highest BCUT2D eigenvalue weighted by molar-refractivity contribution is 6.06. The summed E-state index contributed by atoms with van der Waals surface area (Å²) in [6.45, 7) is 10.8. The first kappa shape index (κ1) is 24.2. The van der Waals surface area contributed by atoms with Crippen molar-refractivity contribution in [3.05, 3.63) is 84.1 Å². The highest BCUT2D eigenvalue weighted by Gasteiger charge is 2.34. The van der Waals surface area contributed by atoms with E-state index in [1.54, 1.807) is 30.3 Å². The van der Waals surface area contributed by atoms with Crippen molar-refractivity contribution in [3.63, 3.8) is 0 Å². The zero-order valence-electron chi connectivity index (χ0n) is 18.6. The van der Waals surface area contributed by atoms with E-state index in [9.17, 15) is 23.1 Å². The number of anilines is 2. The van der Waals surface area contributed by atoms with E-state index in [1.165, 1.54) is 22.0 Å². The number of aromatic hydroxyl groups is 1. The summed E-state index contributed by atoms with van der Waals surface area (Å²) >= 11 is 0. The predicted molar refractivity (Wildman–Crippen MR) is 126 cm³/mol. The zero-order chi connectivity index (χ0) is 26.0. The number of alkyl halides is 3. The number of rotatable bonds is 6. The maximum absolute atomic E-state index is 13.1. The van der Waals surface area contributed by atoms with Crippen LogP contribution in [-0.2, 0) is 17.5 Å². The number of para-hydroxylation sites is 1. The summed E-state index contributed by atoms with van der Waals surface area (Å²) < 4.78 is 40.7. The number of phenolic OH excluding ortho intramolecular Hbond substituents is 1. The molecule has 9 nitrogen and oxygen atoms in total. The number of hydrogen-bond acceptors (Lipinski definition) is 6. The maximum Gasteiger partial charge on any atom is 0.419 e. The first-order valence-corrected chi connectivity index (χ1v) is 10.4. The maximum atomic E-state index is 13.1. The van der Waals surface area contributed by atoms with Crippen LogP contribution in [0.5, 0.6) is 5.75 Å². The molecule has 0 fully saturated rings. The molecule has 0 aliphatic carbocycles. The molecule has 2 heterocycles. The average Bonchev–Trinajstić information content (AvgIpc) is 3.23. The fraction of sp³-hybridized carbons (Fsp3) is 0.125. The van der Waals surface area contributed by atoms with Crippen LogP contribution in [0.1, 0.15) is 5.56 Å². The van der Waals surface area contributed by atoms with Crippen molar-refractivity contribution in [1.29, 1.82) is 0 Å². The molecule has 2 aromatic carbocycles. The Hall–Kier alpha value is -4.92. The van der Waals surface area contributed by atoms with Gasteiger partial charge in [-0.2, -0.15) is 18.3 Å². The minimum atomic E-state index is -4.73. The first-order valence-electron chi connectivity index (χ1n) is 10.4. The number of aromatic nitrogens is 4. The molecular formula is C24H18F3N7O2. The molecule has 1 amide bonds. The third-order valence-electron chi connectivity index (χ3n) is 5.37. The van der Waals surface area contributed by atoms with E-state index in [0.717, 1.165) is 12.1 Å². The number of halogens is 3. The number of carbonyl (C=O) groups excluding carboxylic acids is 1. The topological polar surface area (TPSA) is 115 Å². The average molecular weight is 493 g/mol. The number of nitrogens with two attached hydrogens (primary N) is 1. The summed E-state index contributed by atoms with van der Waals surface area (Å²) in [5.41, 5.74) is 5.73. The molecule has 0 aliphatic rings. The van der Waals surface area contributed by atoms with Gasteiger partial charge in [0.1, 0.15) is 23.6 Å². The van der Waals surface area contributed by atoms with E-state index >= 15 is 0 Å². The lowest BCUT2D eigenvalue weighted by Crippen LogP contribution is -2.34. The highest BCUT2D eigenvalue weighted by atomic mass is 19.4. The molecule has 0 saturated heterocycles. The second-order valence-corrected chi connectivity index (χ2v) is 7.61. The Morgan fingerprint density at radius 2 is 1.92 bits per heavy atom. The molecule has 0 unspecified atom stereocenters. The van der Waals surface area contributed by atoms with Gasteiger partial charge in [-0.1, -0.05) is 30.8 Å². The van der Waals surface area contributed by atoms with Crippen LogP contribution < -0.4 is 10.6 Å². The standard InChI is InChI=1S/C24H18F3N7O2/c1-14(29-2)23(36)33(16-6-4-3-5-7-16)10-11-34-22-19(21(28)30-13-31-22)20(32-34)15-8-9-17(18(35)12-15)24(25,26)27/h3-9,12-13,35H,1,10-11H2,(H2,28,30,31). The van der Waals surface area contributed by atoms with E-state index in [4.69, 9.17) is 12.3 Å². The van der Waals surface area contributed by atoms with Gasteiger partial charge < -0.3 is 15.7 Å². The Labute approximate surface area is 202 Å². The Bertz CT molecular complexity index is 1510. The summed E-state index contributed by atoms with van der Waals surface area (Å²) in [6, 6.07) is 11.5. The summed E-state index contributed by atoms with van der Waals surface area (Å²) in [5.74, 6) is -1.51. The zero-order valence-corrected chi connectivity index (χ0v) is 18.6. The van der Waals surface area contributed by atoms with E-state index in [1.807, 2.05) is 0 Å². The predicted octanol–water partition coefficient (Wildman–Crippen LogP) is 4.27. The Kier molecular flexibility index (Phi) is 6.31. The fourth-order valence-electron chi connectivity index (χ4n) is 3.66. The third-order valence-corrected chi connectivity index (χ3v) is 5.37. The monoisotopic (exact) mass is 493 g/mol. The van der Waals surface area contributed by atoms with Gasteiger partial charge in [0.2, 0.25) is 5.70 Å². The van der Waals surface area contributed by atoms with Gasteiger partial charge in [-0.05, 0) is 24.3 Å². The minimum Gasteiger partial charge on any atom is -0.507 e. The molecule has 36 heavy (non-hydrogen) atoms. The number of nitrogen functional groups attached to an aromatic ring is 1. The Morgan fingerprint density at radius 1 is 1.19 bits per heavy atom. The van der Waals surface area contributed by atoms with E-state index < -0.39 is 23.4 Å². The molecule has 0 bridgehead atoms.